The smallest absolute Gasteiger partial charge is 0.303 e. The summed E-state index contributed by atoms with van der Waals surface area (Å²) in [4.78, 5) is 35.3. The number of ketones is 1. The van der Waals surface area contributed by atoms with Gasteiger partial charge in [-0.3, -0.25) is 14.4 Å². The second-order valence-corrected chi connectivity index (χ2v) is 4.58. The third-order valence-electron chi connectivity index (χ3n) is 3.24. The zero-order valence-electron chi connectivity index (χ0n) is 10.7. The molecule has 0 unspecified atom stereocenters. The SMILES string of the molecule is CC(=O)N1CCc2cc(C(=O)CCC(=O)O)ccc21. The van der Waals surface area contributed by atoms with Crippen LogP contribution in [0.1, 0.15) is 35.7 Å². The van der Waals surface area contributed by atoms with E-state index in [4.69, 9.17) is 5.11 Å². The molecule has 1 heterocycles. The van der Waals surface area contributed by atoms with Crippen LogP contribution in [0.15, 0.2) is 18.2 Å². The molecule has 0 aromatic heterocycles. The number of rotatable bonds is 4. The van der Waals surface area contributed by atoms with E-state index in [0.29, 0.717) is 12.1 Å². The molecule has 1 amide bonds. The Morgan fingerprint density at radius 3 is 2.63 bits per heavy atom. The summed E-state index contributed by atoms with van der Waals surface area (Å²) in [5.74, 6) is -1.16. The molecular formula is C14H15NO4. The van der Waals surface area contributed by atoms with Gasteiger partial charge in [-0.15, -0.1) is 0 Å². The Morgan fingerprint density at radius 2 is 2.00 bits per heavy atom. The first-order valence-corrected chi connectivity index (χ1v) is 6.15. The number of Topliss-reactive ketones (excluding diaryl/α,β-unsaturated/α-hetero) is 1. The molecule has 100 valence electrons. The molecule has 0 atom stereocenters. The van der Waals surface area contributed by atoms with Crippen LogP contribution in [-0.2, 0) is 16.0 Å². The first-order chi connectivity index (χ1) is 8.99. The summed E-state index contributed by atoms with van der Waals surface area (Å²) in [7, 11) is 0. The molecule has 1 aromatic carbocycles. The number of nitrogens with zero attached hydrogens (tertiary/aromatic N) is 1. The molecule has 5 heteroatoms. The average Bonchev–Trinajstić information content (AvgIpc) is 2.78. The molecule has 0 bridgehead atoms. The molecule has 2 rings (SSSR count). The van der Waals surface area contributed by atoms with E-state index in [9.17, 15) is 14.4 Å². The van der Waals surface area contributed by atoms with Crippen molar-refractivity contribution in [2.45, 2.75) is 26.2 Å². The highest BCUT2D eigenvalue weighted by molar-refractivity contribution is 5.99. The van der Waals surface area contributed by atoms with Gasteiger partial charge in [0.1, 0.15) is 0 Å². The number of carbonyl (C=O) groups is 3. The minimum absolute atomic E-state index is 0.00451. The van der Waals surface area contributed by atoms with Crippen LogP contribution in [0.4, 0.5) is 5.69 Å². The Morgan fingerprint density at radius 1 is 1.26 bits per heavy atom. The number of carboxylic acid groups (broad SMARTS) is 1. The standard InChI is InChI=1S/C14H15NO4/c1-9(16)15-7-6-10-8-11(2-3-12(10)15)13(17)4-5-14(18)19/h2-3,8H,4-7H2,1H3,(H,18,19). The van der Waals surface area contributed by atoms with Gasteiger partial charge in [0.15, 0.2) is 5.78 Å². The van der Waals surface area contributed by atoms with Gasteiger partial charge >= 0.3 is 5.97 Å². The zero-order chi connectivity index (χ0) is 14.0. The second kappa shape index (κ2) is 5.22. The van der Waals surface area contributed by atoms with Crippen LogP contribution < -0.4 is 4.90 Å². The molecule has 0 aliphatic carbocycles. The molecule has 0 saturated heterocycles. The molecule has 0 radical (unpaired) electrons. The number of fused-ring (bicyclic) bond motifs is 1. The lowest BCUT2D eigenvalue weighted by atomic mass is 10.0. The predicted molar refractivity (Wildman–Crippen MR) is 69.4 cm³/mol. The van der Waals surface area contributed by atoms with Gasteiger partial charge < -0.3 is 10.0 Å². The van der Waals surface area contributed by atoms with Crippen molar-refractivity contribution in [1.82, 2.24) is 0 Å². The molecule has 5 nitrogen and oxygen atoms in total. The average molecular weight is 261 g/mol. The van der Waals surface area contributed by atoms with Gasteiger partial charge in [0, 0.05) is 31.1 Å². The van der Waals surface area contributed by atoms with Crippen LogP contribution in [-0.4, -0.2) is 29.3 Å². The molecule has 0 fully saturated rings. The molecule has 0 spiro atoms. The number of carboxylic acids is 1. The number of aliphatic carboxylic acids is 1. The highest BCUT2D eigenvalue weighted by atomic mass is 16.4. The van der Waals surface area contributed by atoms with Gasteiger partial charge in [0.05, 0.1) is 6.42 Å². The van der Waals surface area contributed by atoms with Gasteiger partial charge in [-0.1, -0.05) is 0 Å². The summed E-state index contributed by atoms with van der Waals surface area (Å²) in [6.45, 7) is 2.15. The summed E-state index contributed by atoms with van der Waals surface area (Å²) in [5.41, 5.74) is 2.34. The lowest BCUT2D eigenvalue weighted by Gasteiger charge is -2.14. The van der Waals surface area contributed by atoms with Gasteiger partial charge in [-0.2, -0.15) is 0 Å². The maximum atomic E-state index is 11.8. The molecule has 1 aliphatic heterocycles. The summed E-state index contributed by atoms with van der Waals surface area (Å²) in [5, 5.41) is 8.56. The minimum Gasteiger partial charge on any atom is -0.481 e. The number of hydrogen-bond donors (Lipinski definition) is 1. The van der Waals surface area contributed by atoms with E-state index in [2.05, 4.69) is 0 Å². The fraction of sp³-hybridized carbons (Fsp3) is 0.357. The predicted octanol–water partition coefficient (Wildman–Crippen LogP) is 1.64. The van der Waals surface area contributed by atoms with E-state index in [-0.39, 0.29) is 24.5 Å². The number of hydrogen-bond acceptors (Lipinski definition) is 3. The largest absolute Gasteiger partial charge is 0.481 e. The van der Waals surface area contributed by atoms with Gasteiger partial charge in [0.25, 0.3) is 0 Å². The Bertz CT molecular complexity index is 550. The molecule has 1 N–H and O–H groups in total. The van der Waals surface area contributed by atoms with Gasteiger partial charge in [0.2, 0.25) is 5.91 Å². The Labute approximate surface area is 110 Å². The van der Waals surface area contributed by atoms with Gasteiger partial charge in [-0.05, 0) is 30.2 Å². The topological polar surface area (TPSA) is 74.7 Å². The maximum Gasteiger partial charge on any atom is 0.303 e. The summed E-state index contributed by atoms with van der Waals surface area (Å²) in [6.07, 6.45) is 0.578. The zero-order valence-corrected chi connectivity index (χ0v) is 10.7. The number of anilines is 1. The first kappa shape index (κ1) is 13.3. The van der Waals surface area contributed by atoms with Crippen molar-refractivity contribution in [3.8, 4) is 0 Å². The summed E-state index contributed by atoms with van der Waals surface area (Å²) >= 11 is 0. The van der Waals surface area contributed by atoms with Crippen molar-refractivity contribution >= 4 is 23.3 Å². The molecular weight excluding hydrogens is 246 g/mol. The van der Waals surface area contributed by atoms with E-state index >= 15 is 0 Å². The van der Waals surface area contributed by atoms with Crippen molar-refractivity contribution in [1.29, 1.82) is 0 Å². The number of carbonyl (C=O) groups excluding carboxylic acids is 2. The number of benzene rings is 1. The Kier molecular flexibility index (Phi) is 3.64. The normalized spacial score (nSPS) is 13.2. The second-order valence-electron chi connectivity index (χ2n) is 4.58. The van der Waals surface area contributed by atoms with Crippen LogP contribution >= 0.6 is 0 Å². The molecule has 1 aliphatic rings. The lowest BCUT2D eigenvalue weighted by Crippen LogP contribution is -2.25. The van der Waals surface area contributed by atoms with Gasteiger partial charge in [-0.25, -0.2) is 0 Å². The number of amides is 1. The first-order valence-electron chi connectivity index (χ1n) is 6.15. The monoisotopic (exact) mass is 261 g/mol. The maximum absolute atomic E-state index is 11.8. The van der Waals surface area contributed by atoms with Crippen molar-refractivity contribution < 1.29 is 19.5 Å². The van der Waals surface area contributed by atoms with Crippen molar-refractivity contribution in [2.24, 2.45) is 0 Å². The van der Waals surface area contributed by atoms with E-state index in [1.54, 1.807) is 23.1 Å². The Hall–Kier alpha value is -2.17. The lowest BCUT2D eigenvalue weighted by molar-refractivity contribution is -0.137. The van der Waals surface area contributed by atoms with E-state index in [1.807, 2.05) is 0 Å². The van der Waals surface area contributed by atoms with Crippen LogP contribution in [0.25, 0.3) is 0 Å². The van der Waals surface area contributed by atoms with E-state index in [1.165, 1.54) is 6.92 Å². The van der Waals surface area contributed by atoms with Crippen LogP contribution in [0.3, 0.4) is 0 Å². The van der Waals surface area contributed by atoms with Crippen molar-refractivity contribution in [2.75, 3.05) is 11.4 Å². The van der Waals surface area contributed by atoms with Crippen LogP contribution in [0.5, 0.6) is 0 Å². The Balaban J connectivity index is 2.16. The quantitative estimate of drug-likeness (QED) is 0.836. The fourth-order valence-electron chi connectivity index (χ4n) is 2.27. The van der Waals surface area contributed by atoms with Crippen molar-refractivity contribution in [3.05, 3.63) is 29.3 Å². The molecule has 19 heavy (non-hydrogen) atoms. The molecule has 0 saturated carbocycles. The van der Waals surface area contributed by atoms with Crippen LogP contribution in [0.2, 0.25) is 0 Å². The summed E-state index contributed by atoms with van der Waals surface area (Å²) < 4.78 is 0. The fourth-order valence-corrected chi connectivity index (χ4v) is 2.27. The van der Waals surface area contributed by atoms with Crippen LogP contribution in [0, 0.1) is 0 Å². The highest BCUT2D eigenvalue weighted by Crippen LogP contribution is 2.29. The third-order valence-corrected chi connectivity index (χ3v) is 3.24. The minimum atomic E-state index is -0.975. The third kappa shape index (κ3) is 2.81. The summed E-state index contributed by atoms with van der Waals surface area (Å²) in [6, 6.07) is 5.18. The highest BCUT2D eigenvalue weighted by Gasteiger charge is 2.23. The molecule has 1 aromatic rings. The van der Waals surface area contributed by atoms with Crippen molar-refractivity contribution in [3.63, 3.8) is 0 Å². The van der Waals surface area contributed by atoms with E-state index in [0.717, 1.165) is 17.7 Å². The van der Waals surface area contributed by atoms with E-state index < -0.39 is 5.97 Å².